The highest BCUT2D eigenvalue weighted by Crippen LogP contribution is 2.14. The Labute approximate surface area is 141 Å². The summed E-state index contributed by atoms with van der Waals surface area (Å²) in [5.41, 5.74) is 2.00. The predicted octanol–water partition coefficient (Wildman–Crippen LogP) is 3.02. The Bertz CT molecular complexity index is 692. The molecular weight excluding hydrogens is 302 g/mol. The first-order valence-electron chi connectivity index (χ1n) is 8.23. The van der Waals surface area contributed by atoms with Gasteiger partial charge in [0.05, 0.1) is 6.04 Å². The number of para-hydroxylation sites is 1. The second kappa shape index (κ2) is 7.75. The molecule has 0 aliphatic carbocycles. The topological polar surface area (TPSA) is 70.2 Å². The van der Waals surface area contributed by atoms with Crippen molar-refractivity contribution in [2.24, 2.45) is 0 Å². The highest BCUT2D eigenvalue weighted by molar-refractivity contribution is 6.04. The molecule has 1 atom stereocenters. The van der Waals surface area contributed by atoms with Crippen LogP contribution < -0.4 is 16.0 Å². The fourth-order valence-electron chi connectivity index (χ4n) is 2.73. The largest absolute Gasteiger partial charge is 0.325 e. The third-order valence-electron chi connectivity index (χ3n) is 4.07. The fourth-order valence-corrected chi connectivity index (χ4v) is 2.73. The van der Waals surface area contributed by atoms with Crippen LogP contribution in [-0.2, 0) is 4.79 Å². The first-order chi connectivity index (χ1) is 11.7. The van der Waals surface area contributed by atoms with E-state index >= 15 is 0 Å². The van der Waals surface area contributed by atoms with E-state index in [1.807, 2.05) is 30.3 Å². The van der Waals surface area contributed by atoms with Gasteiger partial charge in [-0.15, -0.1) is 0 Å². The van der Waals surface area contributed by atoms with Crippen molar-refractivity contribution in [3.8, 4) is 0 Å². The van der Waals surface area contributed by atoms with Crippen molar-refractivity contribution < 1.29 is 9.59 Å². The smallest absolute Gasteiger partial charge is 0.255 e. The molecule has 2 aromatic rings. The average Bonchev–Trinajstić information content (AvgIpc) is 2.64. The summed E-state index contributed by atoms with van der Waals surface area (Å²) >= 11 is 0. The van der Waals surface area contributed by atoms with Gasteiger partial charge in [0.15, 0.2) is 0 Å². The maximum Gasteiger partial charge on any atom is 0.255 e. The van der Waals surface area contributed by atoms with Gasteiger partial charge >= 0.3 is 0 Å². The molecule has 2 amide bonds. The van der Waals surface area contributed by atoms with Crippen molar-refractivity contribution in [1.29, 1.82) is 0 Å². The highest BCUT2D eigenvalue weighted by atomic mass is 16.2. The Balaban J connectivity index is 1.58. The lowest BCUT2D eigenvalue weighted by Crippen LogP contribution is -2.43. The standard InChI is InChI=1S/C19H21N3O2/c23-18(21-15-6-2-1-3-7-15)14-9-11-16(12-10-14)22-19(24)17-8-4-5-13-20-17/h1-3,6-7,9-12,17,20H,4-5,8,13H2,(H,21,23)(H,22,24). The molecule has 1 unspecified atom stereocenters. The van der Waals surface area contributed by atoms with Crippen LogP contribution in [0.4, 0.5) is 11.4 Å². The maximum absolute atomic E-state index is 12.2. The monoisotopic (exact) mass is 323 g/mol. The van der Waals surface area contributed by atoms with E-state index in [4.69, 9.17) is 0 Å². The maximum atomic E-state index is 12.2. The fraction of sp³-hybridized carbons (Fsp3) is 0.263. The zero-order valence-electron chi connectivity index (χ0n) is 13.4. The number of carbonyl (C=O) groups excluding carboxylic acids is 2. The van der Waals surface area contributed by atoms with Crippen molar-refractivity contribution in [2.45, 2.75) is 25.3 Å². The van der Waals surface area contributed by atoms with E-state index in [2.05, 4.69) is 16.0 Å². The molecule has 24 heavy (non-hydrogen) atoms. The Hall–Kier alpha value is -2.66. The number of hydrogen-bond donors (Lipinski definition) is 3. The van der Waals surface area contributed by atoms with Crippen LogP contribution in [0.25, 0.3) is 0 Å². The number of hydrogen-bond acceptors (Lipinski definition) is 3. The van der Waals surface area contributed by atoms with Gasteiger partial charge in [0, 0.05) is 16.9 Å². The molecule has 3 N–H and O–H groups in total. The third-order valence-corrected chi connectivity index (χ3v) is 4.07. The average molecular weight is 323 g/mol. The summed E-state index contributed by atoms with van der Waals surface area (Å²) < 4.78 is 0. The Morgan fingerprint density at radius 3 is 2.25 bits per heavy atom. The molecule has 1 aliphatic heterocycles. The van der Waals surface area contributed by atoms with Crippen LogP contribution in [0.3, 0.4) is 0 Å². The number of piperidine rings is 1. The minimum atomic E-state index is -0.173. The summed E-state index contributed by atoms with van der Waals surface area (Å²) in [6.45, 7) is 0.886. The second-order valence-corrected chi connectivity index (χ2v) is 5.89. The molecule has 2 aromatic carbocycles. The number of anilines is 2. The number of rotatable bonds is 4. The number of benzene rings is 2. The van der Waals surface area contributed by atoms with Crippen LogP contribution in [0.2, 0.25) is 0 Å². The van der Waals surface area contributed by atoms with Gasteiger partial charge in [0.25, 0.3) is 5.91 Å². The summed E-state index contributed by atoms with van der Waals surface area (Å²) in [6.07, 6.45) is 3.06. The molecule has 1 fully saturated rings. The van der Waals surface area contributed by atoms with Crippen molar-refractivity contribution in [1.82, 2.24) is 5.32 Å². The van der Waals surface area contributed by atoms with Crippen LogP contribution in [0, 0.1) is 0 Å². The Kier molecular flexibility index (Phi) is 5.23. The van der Waals surface area contributed by atoms with Gasteiger partial charge in [-0.05, 0) is 55.8 Å². The van der Waals surface area contributed by atoms with E-state index in [0.717, 1.165) is 31.5 Å². The minimum Gasteiger partial charge on any atom is -0.325 e. The molecule has 0 aromatic heterocycles. The van der Waals surface area contributed by atoms with Crippen molar-refractivity contribution in [2.75, 3.05) is 17.2 Å². The molecule has 5 nitrogen and oxygen atoms in total. The quantitative estimate of drug-likeness (QED) is 0.810. The van der Waals surface area contributed by atoms with Crippen LogP contribution in [0.15, 0.2) is 54.6 Å². The van der Waals surface area contributed by atoms with E-state index < -0.39 is 0 Å². The van der Waals surface area contributed by atoms with Crippen molar-refractivity contribution in [3.63, 3.8) is 0 Å². The number of carbonyl (C=O) groups is 2. The van der Waals surface area contributed by atoms with E-state index in [-0.39, 0.29) is 17.9 Å². The van der Waals surface area contributed by atoms with Gasteiger partial charge in [0.1, 0.15) is 0 Å². The van der Waals surface area contributed by atoms with Gasteiger partial charge in [0.2, 0.25) is 5.91 Å². The number of nitrogens with one attached hydrogen (secondary N) is 3. The van der Waals surface area contributed by atoms with Crippen molar-refractivity contribution in [3.05, 3.63) is 60.2 Å². The third kappa shape index (κ3) is 4.20. The van der Waals surface area contributed by atoms with E-state index in [0.29, 0.717) is 11.3 Å². The summed E-state index contributed by atoms with van der Waals surface area (Å²) in [7, 11) is 0. The zero-order chi connectivity index (χ0) is 16.8. The minimum absolute atomic E-state index is 0.0174. The van der Waals surface area contributed by atoms with Gasteiger partial charge in [-0.2, -0.15) is 0 Å². The van der Waals surface area contributed by atoms with Crippen LogP contribution in [-0.4, -0.2) is 24.4 Å². The first kappa shape index (κ1) is 16.2. The highest BCUT2D eigenvalue weighted by Gasteiger charge is 2.20. The first-order valence-corrected chi connectivity index (χ1v) is 8.23. The SMILES string of the molecule is O=C(Nc1ccccc1)c1ccc(NC(=O)C2CCCCN2)cc1. The molecule has 0 radical (unpaired) electrons. The van der Waals surface area contributed by atoms with Crippen LogP contribution in [0.1, 0.15) is 29.6 Å². The molecule has 5 heteroatoms. The Morgan fingerprint density at radius 2 is 1.58 bits per heavy atom. The molecule has 0 spiro atoms. The predicted molar refractivity (Wildman–Crippen MR) is 95.1 cm³/mol. The molecule has 0 bridgehead atoms. The molecule has 1 saturated heterocycles. The normalized spacial score (nSPS) is 17.1. The summed E-state index contributed by atoms with van der Waals surface area (Å²) in [5.74, 6) is -0.191. The van der Waals surface area contributed by atoms with Gasteiger partial charge in [-0.3, -0.25) is 9.59 Å². The van der Waals surface area contributed by atoms with Gasteiger partial charge < -0.3 is 16.0 Å². The molecule has 1 aliphatic rings. The lowest BCUT2D eigenvalue weighted by Gasteiger charge is -2.22. The van der Waals surface area contributed by atoms with E-state index in [9.17, 15) is 9.59 Å². The van der Waals surface area contributed by atoms with Crippen molar-refractivity contribution >= 4 is 23.2 Å². The van der Waals surface area contributed by atoms with Gasteiger partial charge in [-0.1, -0.05) is 24.6 Å². The van der Waals surface area contributed by atoms with Gasteiger partial charge in [-0.25, -0.2) is 0 Å². The van der Waals surface area contributed by atoms with E-state index in [1.165, 1.54) is 0 Å². The molecule has 124 valence electrons. The zero-order valence-corrected chi connectivity index (χ0v) is 13.4. The molecule has 1 heterocycles. The molecule has 0 saturated carbocycles. The van der Waals surface area contributed by atoms with Crippen LogP contribution in [0.5, 0.6) is 0 Å². The van der Waals surface area contributed by atoms with Crippen LogP contribution >= 0.6 is 0 Å². The number of amides is 2. The Morgan fingerprint density at radius 1 is 0.875 bits per heavy atom. The molecular formula is C19H21N3O2. The second-order valence-electron chi connectivity index (χ2n) is 5.89. The summed E-state index contributed by atoms with van der Waals surface area (Å²) in [4.78, 5) is 24.4. The summed E-state index contributed by atoms with van der Waals surface area (Å²) in [6, 6.07) is 16.1. The lowest BCUT2D eigenvalue weighted by atomic mass is 10.0. The summed E-state index contributed by atoms with van der Waals surface area (Å²) in [5, 5.41) is 8.95. The molecule has 3 rings (SSSR count). The van der Waals surface area contributed by atoms with E-state index in [1.54, 1.807) is 24.3 Å². The lowest BCUT2D eigenvalue weighted by molar-refractivity contribution is -0.118.